The van der Waals surface area contributed by atoms with Crippen LogP contribution in [-0.2, 0) is 9.53 Å². The number of carbonyl (C=O) groups excluding carboxylic acids is 1. The first-order chi connectivity index (χ1) is 11.1. The number of hydrogen-bond donors (Lipinski definition) is 0. The number of methoxy groups -OCH3 is 1. The summed E-state index contributed by atoms with van der Waals surface area (Å²) < 4.78 is 5.04. The molecule has 4 heteroatoms. The van der Waals surface area contributed by atoms with E-state index in [0.29, 0.717) is 12.3 Å². The highest BCUT2D eigenvalue weighted by Gasteiger charge is 2.26. The van der Waals surface area contributed by atoms with Crippen molar-refractivity contribution in [2.45, 2.75) is 45.6 Å². The van der Waals surface area contributed by atoms with Crippen molar-refractivity contribution >= 4 is 11.6 Å². The minimum atomic E-state index is 0.275. The minimum absolute atomic E-state index is 0.275. The third-order valence-corrected chi connectivity index (χ3v) is 4.59. The Balaban J connectivity index is 1.79. The number of ether oxygens (including phenoxy) is 1. The lowest BCUT2D eigenvalue weighted by Gasteiger charge is -2.41. The van der Waals surface area contributed by atoms with Crippen LogP contribution in [0.2, 0.25) is 0 Å². The summed E-state index contributed by atoms with van der Waals surface area (Å²) >= 11 is 0. The van der Waals surface area contributed by atoms with Gasteiger partial charge in [-0.05, 0) is 38.8 Å². The van der Waals surface area contributed by atoms with E-state index in [9.17, 15) is 4.79 Å². The van der Waals surface area contributed by atoms with E-state index in [-0.39, 0.29) is 6.04 Å². The van der Waals surface area contributed by atoms with Gasteiger partial charge < -0.3 is 14.5 Å². The van der Waals surface area contributed by atoms with Crippen molar-refractivity contribution in [1.29, 1.82) is 0 Å². The van der Waals surface area contributed by atoms with Gasteiger partial charge in [0.15, 0.2) is 0 Å². The van der Waals surface area contributed by atoms with E-state index in [1.807, 2.05) is 0 Å². The Morgan fingerprint density at radius 1 is 1.17 bits per heavy atom. The van der Waals surface area contributed by atoms with E-state index in [2.05, 4.69) is 47.9 Å². The van der Waals surface area contributed by atoms with Gasteiger partial charge in [-0.25, -0.2) is 0 Å². The molecule has 23 heavy (non-hydrogen) atoms. The van der Waals surface area contributed by atoms with E-state index in [0.717, 1.165) is 45.5 Å². The summed E-state index contributed by atoms with van der Waals surface area (Å²) in [5.41, 5.74) is 2.54. The van der Waals surface area contributed by atoms with Crippen molar-refractivity contribution < 1.29 is 9.53 Å². The topological polar surface area (TPSA) is 32.8 Å². The monoisotopic (exact) mass is 318 g/mol. The standard InChI is InChI=1S/C19H30N2O2/c1-16-8-10-18(11-9-16)20-12-13-21(17(2)15-20)19(22)7-5-4-6-14-23-3/h8-11,17H,4-7,12-15H2,1-3H3/t17-/m0/s1. The van der Waals surface area contributed by atoms with Gasteiger partial charge >= 0.3 is 0 Å². The fraction of sp³-hybridized carbons (Fsp3) is 0.632. The van der Waals surface area contributed by atoms with Gasteiger partial charge in [0.2, 0.25) is 5.91 Å². The number of hydrogen-bond acceptors (Lipinski definition) is 3. The molecule has 1 atom stereocenters. The second kappa shape index (κ2) is 8.92. The normalized spacial score (nSPS) is 18.3. The Morgan fingerprint density at radius 3 is 2.57 bits per heavy atom. The Kier molecular flexibility index (Phi) is 6.90. The van der Waals surface area contributed by atoms with Crippen LogP contribution in [0.3, 0.4) is 0 Å². The lowest BCUT2D eigenvalue weighted by atomic mass is 10.1. The van der Waals surface area contributed by atoms with E-state index < -0.39 is 0 Å². The Morgan fingerprint density at radius 2 is 1.91 bits per heavy atom. The Hall–Kier alpha value is -1.55. The second-order valence-electron chi connectivity index (χ2n) is 6.52. The van der Waals surface area contributed by atoms with Crippen molar-refractivity contribution in [3.05, 3.63) is 29.8 Å². The Labute approximate surface area is 140 Å². The van der Waals surface area contributed by atoms with Crippen LogP contribution in [0.25, 0.3) is 0 Å². The highest BCUT2D eigenvalue weighted by molar-refractivity contribution is 5.76. The smallest absolute Gasteiger partial charge is 0.222 e. The molecule has 0 spiro atoms. The fourth-order valence-corrected chi connectivity index (χ4v) is 3.16. The second-order valence-corrected chi connectivity index (χ2v) is 6.52. The van der Waals surface area contributed by atoms with Gasteiger partial charge in [0.25, 0.3) is 0 Å². The van der Waals surface area contributed by atoms with Crippen LogP contribution in [0.4, 0.5) is 5.69 Å². The molecular formula is C19H30N2O2. The predicted octanol–water partition coefficient (Wildman–Crippen LogP) is 3.24. The lowest BCUT2D eigenvalue weighted by Crippen LogP contribution is -2.54. The molecule has 0 unspecified atom stereocenters. The number of nitrogens with zero attached hydrogens (tertiary/aromatic N) is 2. The lowest BCUT2D eigenvalue weighted by molar-refractivity contribution is -0.133. The van der Waals surface area contributed by atoms with Gasteiger partial charge in [-0.15, -0.1) is 0 Å². The molecule has 1 aromatic rings. The molecule has 1 aromatic carbocycles. The number of carbonyl (C=O) groups is 1. The van der Waals surface area contributed by atoms with Gasteiger partial charge in [-0.2, -0.15) is 0 Å². The number of benzene rings is 1. The van der Waals surface area contributed by atoms with E-state index >= 15 is 0 Å². The maximum Gasteiger partial charge on any atom is 0.222 e. The third-order valence-electron chi connectivity index (χ3n) is 4.59. The maximum atomic E-state index is 12.4. The van der Waals surface area contributed by atoms with Crippen molar-refractivity contribution in [3.8, 4) is 0 Å². The number of amides is 1. The summed E-state index contributed by atoms with van der Waals surface area (Å²) in [5.74, 6) is 0.304. The Bertz CT molecular complexity index is 487. The molecule has 0 radical (unpaired) electrons. The molecule has 1 amide bonds. The van der Waals surface area contributed by atoms with Gasteiger partial charge in [-0.1, -0.05) is 24.1 Å². The fourth-order valence-electron chi connectivity index (χ4n) is 3.16. The number of unbranched alkanes of at least 4 members (excludes halogenated alkanes) is 2. The van der Waals surface area contributed by atoms with Crippen LogP contribution < -0.4 is 4.90 Å². The van der Waals surface area contributed by atoms with Crippen LogP contribution in [-0.4, -0.2) is 50.2 Å². The number of rotatable bonds is 7. The minimum Gasteiger partial charge on any atom is -0.385 e. The van der Waals surface area contributed by atoms with E-state index in [1.54, 1.807) is 7.11 Å². The summed E-state index contributed by atoms with van der Waals surface area (Å²) in [6.45, 7) is 7.71. The summed E-state index contributed by atoms with van der Waals surface area (Å²) in [6, 6.07) is 8.93. The molecule has 2 rings (SSSR count). The summed E-state index contributed by atoms with van der Waals surface area (Å²) in [7, 11) is 1.72. The van der Waals surface area contributed by atoms with Crippen LogP contribution in [0, 0.1) is 6.92 Å². The molecule has 1 saturated heterocycles. The SMILES string of the molecule is COCCCCCC(=O)N1CCN(c2ccc(C)cc2)C[C@@H]1C. The molecule has 0 N–H and O–H groups in total. The zero-order valence-electron chi connectivity index (χ0n) is 14.8. The third kappa shape index (κ3) is 5.24. The number of anilines is 1. The molecule has 0 saturated carbocycles. The van der Waals surface area contributed by atoms with Gasteiger partial charge in [0, 0.05) is 51.5 Å². The van der Waals surface area contributed by atoms with Crippen LogP contribution in [0.15, 0.2) is 24.3 Å². The molecular weight excluding hydrogens is 288 g/mol. The highest BCUT2D eigenvalue weighted by atomic mass is 16.5. The maximum absolute atomic E-state index is 12.4. The first-order valence-corrected chi connectivity index (χ1v) is 8.72. The highest BCUT2D eigenvalue weighted by Crippen LogP contribution is 2.20. The number of piperazine rings is 1. The first kappa shape index (κ1) is 17.8. The average Bonchev–Trinajstić information content (AvgIpc) is 2.55. The molecule has 1 heterocycles. The van der Waals surface area contributed by atoms with Crippen molar-refractivity contribution in [2.24, 2.45) is 0 Å². The zero-order valence-corrected chi connectivity index (χ0v) is 14.8. The quantitative estimate of drug-likeness (QED) is 0.724. The predicted molar refractivity (Wildman–Crippen MR) is 94.9 cm³/mol. The van der Waals surface area contributed by atoms with Crippen LogP contribution in [0.1, 0.15) is 38.2 Å². The summed E-state index contributed by atoms with van der Waals surface area (Å²) in [4.78, 5) is 16.8. The molecule has 4 nitrogen and oxygen atoms in total. The van der Waals surface area contributed by atoms with Crippen molar-refractivity contribution in [2.75, 3.05) is 38.3 Å². The zero-order chi connectivity index (χ0) is 16.7. The molecule has 1 aliphatic heterocycles. The molecule has 0 aromatic heterocycles. The molecule has 128 valence electrons. The molecule has 0 bridgehead atoms. The first-order valence-electron chi connectivity index (χ1n) is 8.72. The molecule has 0 aliphatic carbocycles. The van der Waals surface area contributed by atoms with Crippen LogP contribution >= 0.6 is 0 Å². The van der Waals surface area contributed by atoms with E-state index in [1.165, 1.54) is 11.3 Å². The largest absolute Gasteiger partial charge is 0.385 e. The van der Waals surface area contributed by atoms with Gasteiger partial charge in [-0.3, -0.25) is 4.79 Å². The number of aryl methyl sites for hydroxylation is 1. The van der Waals surface area contributed by atoms with Crippen molar-refractivity contribution in [3.63, 3.8) is 0 Å². The summed E-state index contributed by atoms with van der Waals surface area (Å²) in [5, 5.41) is 0. The molecule has 1 aliphatic rings. The molecule has 1 fully saturated rings. The van der Waals surface area contributed by atoms with E-state index in [4.69, 9.17) is 4.74 Å². The summed E-state index contributed by atoms with van der Waals surface area (Å²) in [6.07, 6.45) is 3.74. The van der Waals surface area contributed by atoms with Gasteiger partial charge in [0.05, 0.1) is 0 Å². The van der Waals surface area contributed by atoms with Crippen molar-refractivity contribution in [1.82, 2.24) is 4.90 Å². The van der Waals surface area contributed by atoms with Crippen LogP contribution in [0.5, 0.6) is 0 Å². The van der Waals surface area contributed by atoms with Gasteiger partial charge in [0.1, 0.15) is 0 Å². The average molecular weight is 318 g/mol.